The minimum absolute atomic E-state index is 0.132. The number of carboxylic acids is 1. The molecule has 5 rings (SSSR count). The topological polar surface area (TPSA) is 87.8 Å². The molecular formula is C27H32ClN3O4. The van der Waals surface area contributed by atoms with Gasteiger partial charge in [-0.2, -0.15) is 0 Å². The van der Waals surface area contributed by atoms with Crippen LogP contribution in [-0.2, 0) is 22.4 Å². The quantitative estimate of drug-likeness (QED) is 0.432. The molecule has 1 aliphatic carbocycles. The van der Waals surface area contributed by atoms with Gasteiger partial charge in [0.05, 0.1) is 17.0 Å². The van der Waals surface area contributed by atoms with Gasteiger partial charge in [-0.05, 0) is 62.4 Å². The molecule has 8 heteroatoms. The number of aliphatic carboxylic acids is 1. The Morgan fingerprint density at radius 2 is 1.89 bits per heavy atom. The number of hydrogen-bond donors (Lipinski definition) is 2. The van der Waals surface area contributed by atoms with E-state index in [0.717, 1.165) is 59.4 Å². The van der Waals surface area contributed by atoms with E-state index >= 15 is 0 Å². The third-order valence-corrected chi connectivity index (χ3v) is 7.93. The van der Waals surface area contributed by atoms with Gasteiger partial charge < -0.3 is 24.4 Å². The van der Waals surface area contributed by atoms with Gasteiger partial charge in [-0.15, -0.1) is 0 Å². The van der Waals surface area contributed by atoms with Crippen LogP contribution in [0.2, 0.25) is 5.02 Å². The molecule has 3 atom stereocenters. The van der Waals surface area contributed by atoms with Crippen molar-refractivity contribution >= 4 is 34.3 Å². The van der Waals surface area contributed by atoms with E-state index in [4.69, 9.17) is 21.3 Å². The summed E-state index contributed by atoms with van der Waals surface area (Å²) in [6, 6.07) is 11.6. The fourth-order valence-corrected chi connectivity index (χ4v) is 5.99. The largest absolute Gasteiger partial charge is 0.481 e. The first-order chi connectivity index (χ1) is 16.9. The zero-order valence-corrected chi connectivity index (χ0v) is 20.9. The second-order valence-electron chi connectivity index (χ2n) is 9.77. The molecule has 0 amide bonds. The summed E-state index contributed by atoms with van der Waals surface area (Å²) in [6.45, 7) is 2.08. The maximum absolute atomic E-state index is 12.3. The summed E-state index contributed by atoms with van der Waals surface area (Å²) in [5.41, 5.74) is 4.70. The number of rotatable bonds is 7. The van der Waals surface area contributed by atoms with E-state index in [1.54, 1.807) is 24.3 Å². The van der Waals surface area contributed by atoms with Gasteiger partial charge in [-0.1, -0.05) is 36.6 Å². The van der Waals surface area contributed by atoms with Gasteiger partial charge in [0, 0.05) is 41.9 Å². The normalized spacial score (nSPS) is 20.2. The van der Waals surface area contributed by atoms with Crippen molar-refractivity contribution in [2.75, 3.05) is 12.0 Å². The Labute approximate surface area is 210 Å². The van der Waals surface area contributed by atoms with Crippen molar-refractivity contribution < 1.29 is 19.7 Å². The van der Waals surface area contributed by atoms with Gasteiger partial charge in [0.15, 0.2) is 0 Å². The number of nitrogens with zero attached hydrogens (tertiary/aromatic N) is 3. The Bertz CT molecular complexity index is 1220. The van der Waals surface area contributed by atoms with Crippen LogP contribution in [0.1, 0.15) is 67.9 Å². The number of aromatic nitrogens is 2. The van der Waals surface area contributed by atoms with E-state index < -0.39 is 18.3 Å². The molecule has 35 heavy (non-hydrogen) atoms. The molecule has 186 valence electrons. The number of halogens is 1. The van der Waals surface area contributed by atoms with Crippen LogP contribution >= 0.6 is 11.6 Å². The first kappa shape index (κ1) is 24.1. The molecule has 0 spiro atoms. The SMILES string of the molecule is COC(O)N1c2ccc3c(nc(CC(C(=O)O)c4ccc(Cl)cc4)n3C3CCCC3)c2CC[C@@H]1C. The molecule has 2 aromatic carbocycles. The van der Waals surface area contributed by atoms with Gasteiger partial charge in [0.2, 0.25) is 6.41 Å². The first-order valence-corrected chi connectivity index (χ1v) is 12.8. The smallest absolute Gasteiger partial charge is 0.311 e. The molecule has 3 aromatic rings. The highest BCUT2D eigenvalue weighted by molar-refractivity contribution is 6.30. The van der Waals surface area contributed by atoms with Crippen molar-refractivity contribution in [1.82, 2.24) is 9.55 Å². The highest BCUT2D eigenvalue weighted by Gasteiger charge is 2.33. The molecule has 2 heterocycles. The van der Waals surface area contributed by atoms with Crippen LogP contribution in [0.4, 0.5) is 5.69 Å². The highest BCUT2D eigenvalue weighted by atomic mass is 35.5. The van der Waals surface area contributed by atoms with Crippen molar-refractivity contribution in [2.24, 2.45) is 0 Å². The summed E-state index contributed by atoms with van der Waals surface area (Å²) in [5.74, 6) is -0.783. The van der Waals surface area contributed by atoms with Gasteiger partial charge >= 0.3 is 5.97 Å². The predicted octanol–water partition coefficient (Wildman–Crippen LogP) is 5.28. The zero-order chi connectivity index (χ0) is 24.7. The Morgan fingerprint density at radius 1 is 1.17 bits per heavy atom. The lowest BCUT2D eigenvalue weighted by Crippen LogP contribution is -2.45. The van der Waals surface area contributed by atoms with Crippen molar-refractivity contribution in [2.45, 2.75) is 76.3 Å². The lowest BCUT2D eigenvalue weighted by atomic mass is 9.95. The number of hydrogen-bond acceptors (Lipinski definition) is 5. The van der Waals surface area contributed by atoms with Crippen LogP contribution < -0.4 is 4.90 Å². The molecule has 0 bridgehead atoms. The van der Waals surface area contributed by atoms with Crippen LogP contribution in [0.3, 0.4) is 0 Å². The molecule has 2 N–H and O–H groups in total. The summed E-state index contributed by atoms with van der Waals surface area (Å²) in [5, 5.41) is 21.2. The minimum atomic E-state index is -1.03. The highest BCUT2D eigenvalue weighted by Crippen LogP contribution is 2.41. The van der Waals surface area contributed by atoms with Gasteiger partial charge in [-0.3, -0.25) is 4.79 Å². The Hall–Kier alpha value is -2.61. The van der Waals surface area contributed by atoms with E-state index in [-0.39, 0.29) is 6.04 Å². The van der Waals surface area contributed by atoms with E-state index in [2.05, 4.69) is 23.6 Å². The number of fused-ring (bicyclic) bond motifs is 3. The fourth-order valence-electron chi connectivity index (χ4n) is 5.86. The number of ether oxygens (including phenoxy) is 1. The molecule has 7 nitrogen and oxygen atoms in total. The molecule has 0 saturated heterocycles. The summed E-state index contributed by atoms with van der Waals surface area (Å²) in [7, 11) is 1.50. The molecular weight excluding hydrogens is 466 g/mol. The van der Waals surface area contributed by atoms with Gasteiger partial charge in [0.1, 0.15) is 5.82 Å². The van der Waals surface area contributed by atoms with Gasteiger partial charge in [0.25, 0.3) is 0 Å². The minimum Gasteiger partial charge on any atom is -0.481 e. The molecule has 1 aromatic heterocycles. The average molecular weight is 498 g/mol. The van der Waals surface area contributed by atoms with Crippen molar-refractivity contribution in [3.63, 3.8) is 0 Å². The second-order valence-corrected chi connectivity index (χ2v) is 10.2. The van der Waals surface area contributed by atoms with E-state index in [1.807, 2.05) is 4.90 Å². The summed E-state index contributed by atoms with van der Waals surface area (Å²) >= 11 is 6.05. The van der Waals surface area contributed by atoms with E-state index in [9.17, 15) is 15.0 Å². The number of carbonyl (C=O) groups is 1. The number of benzene rings is 2. The van der Waals surface area contributed by atoms with Crippen molar-refractivity contribution in [3.8, 4) is 0 Å². The maximum atomic E-state index is 12.3. The summed E-state index contributed by atoms with van der Waals surface area (Å²) < 4.78 is 7.55. The first-order valence-electron chi connectivity index (χ1n) is 12.4. The van der Waals surface area contributed by atoms with Crippen LogP contribution in [0.5, 0.6) is 0 Å². The number of imidazole rings is 1. The molecule has 1 saturated carbocycles. The standard InChI is InChI=1S/C27H32ClN3O4/c1-16-7-12-20-22(30(16)27(34)35-2)13-14-23-25(20)29-24(31(23)19-5-3-4-6-19)15-21(26(32)33)17-8-10-18(28)11-9-17/h8-11,13-14,16,19,21,27,34H,3-7,12,15H2,1-2H3,(H,32,33)/t16-,21?,27?/m0/s1. The summed E-state index contributed by atoms with van der Waals surface area (Å²) in [4.78, 5) is 19.3. The summed E-state index contributed by atoms with van der Waals surface area (Å²) in [6.07, 6.45) is 5.47. The Kier molecular flexibility index (Phi) is 6.75. The number of aliphatic hydroxyl groups is 1. The molecule has 0 radical (unpaired) electrons. The molecule has 2 aliphatic rings. The maximum Gasteiger partial charge on any atom is 0.311 e. The number of aryl methyl sites for hydroxylation is 1. The molecule has 1 aliphatic heterocycles. The lowest BCUT2D eigenvalue weighted by Gasteiger charge is -2.39. The van der Waals surface area contributed by atoms with E-state index in [0.29, 0.717) is 17.5 Å². The van der Waals surface area contributed by atoms with Crippen LogP contribution in [0.25, 0.3) is 11.0 Å². The Balaban J connectivity index is 1.63. The van der Waals surface area contributed by atoms with Crippen LogP contribution in [0.15, 0.2) is 36.4 Å². The average Bonchev–Trinajstić information content (AvgIpc) is 3.49. The van der Waals surface area contributed by atoms with Crippen LogP contribution in [-0.4, -0.2) is 45.3 Å². The third kappa shape index (κ3) is 4.41. The number of aliphatic hydroxyl groups excluding tert-OH is 1. The van der Waals surface area contributed by atoms with Crippen molar-refractivity contribution in [1.29, 1.82) is 0 Å². The zero-order valence-electron chi connectivity index (χ0n) is 20.2. The number of carboxylic acid groups (broad SMARTS) is 1. The lowest BCUT2D eigenvalue weighted by molar-refractivity contribution is -0.138. The Morgan fingerprint density at radius 3 is 2.54 bits per heavy atom. The van der Waals surface area contributed by atoms with Crippen LogP contribution in [0, 0.1) is 0 Å². The monoisotopic (exact) mass is 497 g/mol. The second kappa shape index (κ2) is 9.80. The number of methoxy groups -OCH3 is 1. The van der Waals surface area contributed by atoms with Crippen molar-refractivity contribution in [3.05, 3.63) is 58.4 Å². The third-order valence-electron chi connectivity index (χ3n) is 7.68. The van der Waals surface area contributed by atoms with E-state index in [1.165, 1.54) is 20.0 Å². The predicted molar refractivity (Wildman–Crippen MR) is 136 cm³/mol. The fraction of sp³-hybridized carbons (Fsp3) is 0.481. The number of anilines is 1. The molecule has 2 unspecified atom stereocenters. The van der Waals surface area contributed by atoms with Gasteiger partial charge in [-0.25, -0.2) is 4.98 Å². The molecule has 1 fully saturated rings.